The maximum atomic E-state index is 10.7. The summed E-state index contributed by atoms with van der Waals surface area (Å²) in [6.07, 6.45) is 0. The van der Waals surface area contributed by atoms with Crippen LogP contribution in [0.25, 0.3) is 0 Å². The molecule has 0 aliphatic rings. The van der Waals surface area contributed by atoms with Crippen LogP contribution >= 0.6 is 0 Å². The van der Waals surface area contributed by atoms with Gasteiger partial charge in [0.1, 0.15) is 12.4 Å². The zero-order valence-electron chi connectivity index (χ0n) is 10.4. The van der Waals surface area contributed by atoms with Gasteiger partial charge in [0.25, 0.3) is 5.69 Å². The Balaban J connectivity index is 2.16. The molecule has 0 spiro atoms. The summed E-state index contributed by atoms with van der Waals surface area (Å²) in [5.41, 5.74) is 7.15. The summed E-state index contributed by atoms with van der Waals surface area (Å²) in [5.74, 6) is 0.509. The van der Waals surface area contributed by atoms with Crippen LogP contribution in [0.15, 0.2) is 42.5 Å². The van der Waals surface area contributed by atoms with Crippen LogP contribution in [-0.2, 0) is 6.61 Å². The number of rotatable bonds is 4. The lowest BCUT2D eigenvalue weighted by atomic mass is 10.1. The van der Waals surface area contributed by atoms with Crippen molar-refractivity contribution < 1.29 is 9.66 Å². The molecular weight excluding hydrogens is 258 g/mol. The van der Waals surface area contributed by atoms with Crippen molar-refractivity contribution in [2.45, 2.75) is 6.61 Å². The van der Waals surface area contributed by atoms with Gasteiger partial charge in [-0.15, -0.1) is 0 Å². The van der Waals surface area contributed by atoms with E-state index in [0.717, 1.165) is 0 Å². The molecule has 0 atom stereocenters. The molecule has 6 heteroatoms. The van der Waals surface area contributed by atoms with E-state index in [1.165, 1.54) is 18.2 Å². The van der Waals surface area contributed by atoms with Gasteiger partial charge in [-0.1, -0.05) is 6.07 Å². The molecule has 0 saturated carbocycles. The fraction of sp³-hybridized carbons (Fsp3) is 0.0714. The molecule has 0 aromatic heterocycles. The molecule has 100 valence electrons. The Morgan fingerprint density at radius 2 is 2.10 bits per heavy atom. The van der Waals surface area contributed by atoms with E-state index in [4.69, 9.17) is 15.7 Å². The van der Waals surface area contributed by atoms with E-state index in [1.807, 2.05) is 6.07 Å². The minimum absolute atomic E-state index is 0.0384. The number of non-ortho nitro benzene ring substituents is 1. The molecule has 0 radical (unpaired) electrons. The third-order valence-corrected chi connectivity index (χ3v) is 2.69. The van der Waals surface area contributed by atoms with E-state index >= 15 is 0 Å². The van der Waals surface area contributed by atoms with Crippen molar-refractivity contribution in [1.29, 1.82) is 5.26 Å². The van der Waals surface area contributed by atoms with Gasteiger partial charge in [-0.25, -0.2) is 0 Å². The van der Waals surface area contributed by atoms with Crippen molar-refractivity contribution in [1.82, 2.24) is 0 Å². The molecule has 2 aromatic rings. The summed E-state index contributed by atoms with van der Waals surface area (Å²) < 4.78 is 5.50. The largest absolute Gasteiger partial charge is 0.489 e. The molecule has 20 heavy (non-hydrogen) atoms. The Bertz CT molecular complexity index is 692. The highest BCUT2D eigenvalue weighted by Crippen LogP contribution is 2.22. The fourth-order valence-electron chi connectivity index (χ4n) is 1.65. The number of hydrogen-bond acceptors (Lipinski definition) is 5. The number of anilines is 1. The molecule has 0 aliphatic heterocycles. The summed E-state index contributed by atoms with van der Waals surface area (Å²) in [6, 6.07) is 12.9. The molecule has 2 aromatic carbocycles. The first-order valence-electron chi connectivity index (χ1n) is 5.76. The van der Waals surface area contributed by atoms with E-state index in [2.05, 4.69) is 0 Å². The molecule has 6 nitrogen and oxygen atoms in total. The fourth-order valence-corrected chi connectivity index (χ4v) is 1.65. The van der Waals surface area contributed by atoms with E-state index in [0.29, 0.717) is 22.6 Å². The Hall–Kier alpha value is -3.07. The quantitative estimate of drug-likeness (QED) is 0.522. The smallest absolute Gasteiger partial charge is 0.269 e. The molecule has 0 saturated heterocycles. The van der Waals surface area contributed by atoms with Crippen LogP contribution < -0.4 is 10.5 Å². The number of benzene rings is 2. The molecule has 0 unspecified atom stereocenters. The molecule has 0 aliphatic carbocycles. The maximum absolute atomic E-state index is 10.7. The molecule has 0 fully saturated rings. The van der Waals surface area contributed by atoms with Gasteiger partial charge in [0.05, 0.1) is 16.6 Å². The number of nitrogens with two attached hydrogens (primary N) is 1. The average molecular weight is 269 g/mol. The zero-order chi connectivity index (χ0) is 14.5. The van der Waals surface area contributed by atoms with Crippen molar-refractivity contribution >= 4 is 11.4 Å². The monoisotopic (exact) mass is 269 g/mol. The topological polar surface area (TPSA) is 102 Å². The molecule has 0 bridgehead atoms. The number of nitrogens with zero attached hydrogens (tertiary/aromatic N) is 2. The van der Waals surface area contributed by atoms with E-state index in [9.17, 15) is 10.1 Å². The first-order valence-corrected chi connectivity index (χ1v) is 5.76. The van der Waals surface area contributed by atoms with Gasteiger partial charge in [-0.3, -0.25) is 10.1 Å². The van der Waals surface area contributed by atoms with Crippen LogP contribution in [0.4, 0.5) is 11.4 Å². The van der Waals surface area contributed by atoms with Gasteiger partial charge in [0.15, 0.2) is 0 Å². The highest BCUT2D eigenvalue weighted by atomic mass is 16.6. The Labute approximate surface area is 115 Å². The van der Waals surface area contributed by atoms with Crippen molar-refractivity contribution in [2.75, 3.05) is 5.73 Å². The summed E-state index contributed by atoms with van der Waals surface area (Å²) in [6.45, 7) is 0.0996. The second kappa shape index (κ2) is 5.71. The molecular formula is C14H11N3O3. The van der Waals surface area contributed by atoms with Gasteiger partial charge in [0.2, 0.25) is 0 Å². The van der Waals surface area contributed by atoms with Crippen LogP contribution in [0, 0.1) is 21.4 Å². The van der Waals surface area contributed by atoms with E-state index in [-0.39, 0.29) is 12.3 Å². The number of hydrogen-bond donors (Lipinski definition) is 1. The molecule has 0 amide bonds. The maximum Gasteiger partial charge on any atom is 0.269 e. The number of nitrogen functional groups attached to an aromatic ring is 1. The van der Waals surface area contributed by atoms with Crippen LogP contribution in [0.5, 0.6) is 5.75 Å². The molecule has 0 heterocycles. The highest BCUT2D eigenvalue weighted by molar-refractivity contribution is 5.52. The van der Waals surface area contributed by atoms with Gasteiger partial charge in [-0.05, 0) is 24.3 Å². The highest BCUT2D eigenvalue weighted by Gasteiger charge is 2.09. The zero-order valence-corrected chi connectivity index (χ0v) is 10.4. The van der Waals surface area contributed by atoms with E-state index < -0.39 is 4.92 Å². The number of nitriles is 1. The van der Waals surface area contributed by atoms with E-state index in [1.54, 1.807) is 24.3 Å². The predicted molar refractivity (Wildman–Crippen MR) is 73.0 cm³/mol. The van der Waals surface area contributed by atoms with Gasteiger partial charge >= 0.3 is 0 Å². The second-order valence-electron chi connectivity index (χ2n) is 4.07. The second-order valence-corrected chi connectivity index (χ2v) is 4.07. The standard InChI is InChI=1S/C14H11N3O3/c15-8-10-2-1-3-13(6-10)20-9-11-7-12(17(18)19)4-5-14(11)16/h1-7H,9,16H2. The molecule has 2 rings (SSSR count). The van der Waals surface area contributed by atoms with Crippen molar-refractivity contribution in [3.8, 4) is 11.8 Å². The van der Waals surface area contributed by atoms with Crippen LogP contribution in [0.3, 0.4) is 0 Å². The van der Waals surface area contributed by atoms with Crippen LogP contribution in [0.2, 0.25) is 0 Å². The first-order chi connectivity index (χ1) is 9.60. The molecule has 2 N–H and O–H groups in total. The number of ether oxygens (including phenoxy) is 1. The SMILES string of the molecule is N#Cc1cccc(OCc2cc([N+](=O)[O-])ccc2N)c1. The Kier molecular flexibility index (Phi) is 3.82. The lowest BCUT2D eigenvalue weighted by Gasteiger charge is -2.08. The van der Waals surface area contributed by atoms with Crippen molar-refractivity contribution in [2.24, 2.45) is 0 Å². The number of nitro groups is 1. The summed E-state index contributed by atoms with van der Waals surface area (Å²) in [5, 5.41) is 19.5. The third-order valence-electron chi connectivity index (χ3n) is 2.69. The minimum Gasteiger partial charge on any atom is -0.489 e. The first kappa shape index (κ1) is 13.4. The normalized spacial score (nSPS) is 9.75. The van der Waals surface area contributed by atoms with Crippen molar-refractivity contribution in [3.63, 3.8) is 0 Å². The lowest BCUT2D eigenvalue weighted by Crippen LogP contribution is -2.01. The minimum atomic E-state index is -0.487. The lowest BCUT2D eigenvalue weighted by molar-refractivity contribution is -0.384. The summed E-state index contributed by atoms with van der Waals surface area (Å²) >= 11 is 0. The van der Waals surface area contributed by atoms with Crippen LogP contribution in [0.1, 0.15) is 11.1 Å². The van der Waals surface area contributed by atoms with Crippen molar-refractivity contribution in [3.05, 3.63) is 63.7 Å². The van der Waals surface area contributed by atoms with Crippen LogP contribution in [-0.4, -0.2) is 4.92 Å². The summed E-state index contributed by atoms with van der Waals surface area (Å²) in [4.78, 5) is 10.2. The van der Waals surface area contributed by atoms with Gasteiger partial charge in [-0.2, -0.15) is 5.26 Å². The van der Waals surface area contributed by atoms with Gasteiger partial charge in [0, 0.05) is 23.4 Å². The Morgan fingerprint density at radius 1 is 1.30 bits per heavy atom. The third kappa shape index (κ3) is 3.03. The number of nitro benzene ring substituents is 1. The Morgan fingerprint density at radius 3 is 2.80 bits per heavy atom. The predicted octanol–water partition coefficient (Wildman–Crippen LogP) is 2.63. The average Bonchev–Trinajstić information content (AvgIpc) is 2.46. The summed E-state index contributed by atoms with van der Waals surface area (Å²) in [7, 11) is 0. The van der Waals surface area contributed by atoms with Gasteiger partial charge < -0.3 is 10.5 Å².